The molecule has 9 rings (SSSR count). The van der Waals surface area contributed by atoms with Crippen molar-refractivity contribution in [1.29, 1.82) is 0 Å². The molecule has 0 saturated heterocycles. The summed E-state index contributed by atoms with van der Waals surface area (Å²) in [6, 6.07) is 47.6. The minimum atomic E-state index is 0. The number of rotatable bonds is 12. The quantitative estimate of drug-likeness (QED) is 0.0380. The fraction of sp³-hybridized carbons (Fsp3) is 0.0625. The maximum Gasteiger partial charge on any atom is 0.320 e. The van der Waals surface area contributed by atoms with E-state index >= 15 is 0 Å². The van der Waals surface area contributed by atoms with E-state index in [0.717, 1.165) is 61.9 Å². The van der Waals surface area contributed by atoms with Gasteiger partial charge in [0.15, 0.2) is 11.4 Å². The van der Waals surface area contributed by atoms with Crippen molar-refractivity contribution in [2.45, 2.75) is 20.8 Å². The van der Waals surface area contributed by atoms with Crippen LogP contribution < -0.4 is 26.8 Å². The van der Waals surface area contributed by atoms with Crippen LogP contribution in [0.2, 0.25) is 10.0 Å². The second-order valence-corrected chi connectivity index (χ2v) is 15.1. The molecular formula is C48H44Cl4N12O4+2. The number of hydrogen-bond donors (Lipinski definition) is 6. The average Bonchev–Trinajstić information content (AvgIpc) is 4.13. The topological polar surface area (TPSA) is 237 Å². The number of anilines is 6. The Balaban J connectivity index is 0.000000188. The lowest BCUT2D eigenvalue weighted by atomic mass is 10.1. The SMILES string of the molecule is C/C(=N\O)c1ccc(Nc2nnc(-c3ccc(Cl)cc3)o2)cc1.CC(=[NH2+])c1ccc(Nc2nnc(-c3ccc(Cl)cc3)o2)cc1.CC(=[NH2+])c1ccc(Nc2nnc(-c3ccccc3)o2)cc1.Cl.Cl. The molecule has 0 amide bonds. The van der Waals surface area contributed by atoms with Gasteiger partial charge in [-0.3, -0.25) is 10.8 Å². The smallest absolute Gasteiger partial charge is 0.320 e. The van der Waals surface area contributed by atoms with Gasteiger partial charge in [-0.25, -0.2) is 0 Å². The molecule has 0 saturated carbocycles. The molecule has 0 atom stereocenters. The zero-order valence-corrected chi connectivity index (χ0v) is 39.6. The number of oxime groups is 1. The van der Waals surface area contributed by atoms with Crippen LogP contribution in [0.15, 0.2) is 170 Å². The van der Waals surface area contributed by atoms with Crippen LogP contribution in [0.4, 0.5) is 35.1 Å². The van der Waals surface area contributed by atoms with Crippen LogP contribution in [0, 0.1) is 0 Å². The Labute approximate surface area is 412 Å². The van der Waals surface area contributed by atoms with Gasteiger partial charge in [-0.05, 0) is 134 Å². The van der Waals surface area contributed by atoms with Crippen molar-refractivity contribution in [3.63, 3.8) is 0 Å². The first kappa shape index (κ1) is 51.1. The van der Waals surface area contributed by atoms with Crippen LogP contribution in [0.1, 0.15) is 37.5 Å². The van der Waals surface area contributed by atoms with E-state index < -0.39 is 0 Å². The van der Waals surface area contributed by atoms with Crippen LogP contribution in [0.25, 0.3) is 34.4 Å². The number of hydrogen-bond acceptors (Lipinski definition) is 14. The molecule has 68 heavy (non-hydrogen) atoms. The predicted octanol–water partition coefficient (Wildman–Crippen LogP) is 9.93. The Morgan fingerprint density at radius 1 is 0.441 bits per heavy atom. The second kappa shape index (κ2) is 24.6. The Bertz CT molecular complexity index is 3040. The standard InChI is InChI=1S/C16H13ClN4O2.C16H13ClN4O.C16H14N4O.2ClH/c1-10(21-22)11-4-8-14(9-5-11)18-16-20-19-15(23-16)12-2-6-13(17)7-3-12;1-10(18)11-4-8-14(9-5-11)19-16-21-20-15(22-16)12-2-6-13(17)7-3-12;1-11(17)12-7-9-14(10-8-12)18-16-20-19-15(21-16)13-5-3-2-4-6-13;;/h2-9,22H,1H3,(H,18,20);2-9,18H,1H3,(H,19,21);2-10,17H,1H3,(H,18,20);2*1H/p+2/b21-10+;;;;. The summed E-state index contributed by atoms with van der Waals surface area (Å²) in [4.78, 5) is 0. The third-order valence-corrected chi connectivity index (χ3v) is 9.87. The Kier molecular flexibility index (Phi) is 18.5. The molecule has 0 spiro atoms. The highest BCUT2D eigenvalue weighted by molar-refractivity contribution is 6.30. The zero-order valence-electron chi connectivity index (χ0n) is 36.5. The minimum absolute atomic E-state index is 0. The minimum Gasteiger partial charge on any atom is -0.411 e. The van der Waals surface area contributed by atoms with E-state index in [9.17, 15) is 0 Å². The normalized spacial score (nSPS) is 10.5. The molecule has 0 unspecified atom stereocenters. The summed E-state index contributed by atoms with van der Waals surface area (Å²) in [5.74, 6) is 1.33. The van der Waals surface area contributed by atoms with Gasteiger partial charge in [0.1, 0.15) is 0 Å². The van der Waals surface area contributed by atoms with E-state index in [1.54, 1.807) is 31.2 Å². The maximum atomic E-state index is 8.75. The van der Waals surface area contributed by atoms with Gasteiger partial charge in [-0.2, -0.15) is 0 Å². The Morgan fingerprint density at radius 2 is 0.750 bits per heavy atom. The van der Waals surface area contributed by atoms with Gasteiger partial charge in [-0.15, -0.1) is 40.1 Å². The van der Waals surface area contributed by atoms with E-state index in [-0.39, 0.29) is 30.8 Å². The molecule has 0 aliphatic carbocycles. The van der Waals surface area contributed by atoms with Crippen molar-refractivity contribution in [3.05, 3.63) is 178 Å². The molecule has 9 aromatic rings. The summed E-state index contributed by atoms with van der Waals surface area (Å²) >= 11 is 11.7. The summed E-state index contributed by atoms with van der Waals surface area (Å²) in [7, 11) is 0. The summed E-state index contributed by atoms with van der Waals surface area (Å²) in [5.41, 5.74) is 9.89. The number of nitrogens with two attached hydrogens (primary N) is 2. The number of halogens is 4. The molecule has 0 fully saturated rings. The Morgan fingerprint density at radius 3 is 1.06 bits per heavy atom. The molecular weight excluding hydrogens is 950 g/mol. The average molecular weight is 995 g/mol. The molecule has 16 nitrogen and oxygen atoms in total. The molecule has 3 aromatic heterocycles. The first-order valence-corrected chi connectivity index (χ1v) is 20.8. The summed E-state index contributed by atoms with van der Waals surface area (Å²) in [6.07, 6.45) is 0. The fourth-order valence-corrected chi connectivity index (χ4v) is 6.04. The first-order valence-electron chi connectivity index (χ1n) is 20.1. The predicted molar refractivity (Wildman–Crippen MR) is 270 cm³/mol. The molecule has 0 aliphatic rings. The van der Waals surface area contributed by atoms with Crippen LogP contribution in [-0.2, 0) is 0 Å². The van der Waals surface area contributed by atoms with Crippen molar-refractivity contribution in [3.8, 4) is 34.4 Å². The van der Waals surface area contributed by atoms with Gasteiger partial charge < -0.3 is 34.4 Å². The largest absolute Gasteiger partial charge is 0.411 e. The summed E-state index contributed by atoms with van der Waals surface area (Å²) < 4.78 is 16.7. The number of nitrogens with one attached hydrogen (secondary N) is 3. The lowest BCUT2D eigenvalue weighted by Crippen LogP contribution is -2.38. The molecule has 6 aromatic carbocycles. The third-order valence-electron chi connectivity index (χ3n) is 9.37. The van der Waals surface area contributed by atoms with Gasteiger partial charge in [0.25, 0.3) is 0 Å². The van der Waals surface area contributed by atoms with E-state index in [1.165, 1.54) is 0 Å². The van der Waals surface area contributed by atoms with Gasteiger partial charge >= 0.3 is 18.0 Å². The molecule has 20 heteroatoms. The molecule has 3 heterocycles. The zero-order chi connectivity index (χ0) is 46.4. The lowest BCUT2D eigenvalue weighted by molar-refractivity contribution is -0.114. The Hall–Kier alpha value is -7.89. The van der Waals surface area contributed by atoms with E-state index in [4.69, 9.17) is 52.5 Å². The monoisotopic (exact) mass is 992 g/mol. The number of benzene rings is 6. The second-order valence-electron chi connectivity index (χ2n) is 14.3. The van der Waals surface area contributed by atoms with E-state index in [1.807, 2.05) is 141 Å². The highest BCUT2D eigenvalue weighted by Gasteiger charge is 2.12. The molecule has 0 aliphatic heterocycles. The summed E-state index contributed by atoms with van der Waals surface area (Å²) in [5, 5.41) is 57.8. The van der Waals surface area contributed by atoms with Crippen molar-refractivity contribution in [1.82, 2.24) is 30.6 Å². The van der Waals surface area contributed by atoms with E-state index in [2.05, 4.69) is 51.7 Å². The lowest BCUT2D eigenvalue weighted by Gasteiger charge is -2.03. The van der Waals surface area contributed by atoms with Gasteiger partial charge in [-0.1, -0.05) is 74.0 Å². The fourth-order valence-electron chi connectivity index (χ4n) is 5.79. The maximum absolute atomic E-state index is 8.75. The van der Waals surface area contributed by atoms with Gasteiger partial charge in [0.05, 0.1) is 5.71 Å². The summed E-state index contributed by atoms with van der Waals surface area (Å²) in [6.45, 7) is 5.45. The van der Waals surface area contributed by atoms with Crippen LogP contribution in [0.5, 0.6) is 0 Å². The molecule has 0 radical (unpaired) electrons. The van der Waals surface area contributed by atoms with Gasteiger partial charge in [0, 0.05) is 68.8 Å². The molecule has 346 valence electrons. The van der Waals surface area contributed by atoms with Crippen molar-refractivity contribution in [2.24, 2.45) is 5.16 Å². The first-order chi connectivity index (χ1) is 32.0. The third kappa shape index (κ3) is 14.3. The van der Waals surface area contributed by atoms with Crippen molar-refractivity contribution in [2.75, 3.05) is 16.0 Å². The van der Waals surface area contributed by atoms with Crippen LogP contribution in [0.3, 0.4) is 0 Å². The van der Waals surface area contributed by atoms with Crippen molar-refractivity contribution >= 4 is 100 Å². The van der Waals surface area contributed by atoms with Crippen LogP contribution in [-0.4, -0.2) is 52.9 Å². The molecule has 0 bridgehead atoms. The van der Waals surface area contributed by atoms with E-state index in [0.29, 0.717) is 45.5 Å². The highest BCUT2D eigenvalue weighted by Crippen LogP contribution is 2.26. The highest BCUT2D eigenvalue weighted by atomic mass is 35.5. The number of nitrogens with zero attached hydrogens (tertiary/aromatic N) is 7. The van der Waals surface area contributed by atoms with Gasteiger partial charge in [0.2, 0.25) is 17.7 Å². The molecule has 8 N–H and O–H groups in total. The van der Waals surface area contributed by atoms with Crippen molar-refractivity contribution < 1.29 is 29.3 Å². The van der Waals surface area contributed by atoms with Crippen LogP contribution >= 0.6 is 48.0 Å². The number of aromatic nitrogens is 6.